The van der Waals surface area contributed by atoms with Gasteiger partial charge in [-0.2, -0.15) is 4.72 Å². The molecule has 0 radical (unpaired) electrons. The molecule has 0 aliphatic heterocycles. The number of benzene rings is 1. The maximum absolute atomic E-state index is 12.2. The number of carbonyl (C=O) groups excluding carboxylic acids is 1. The van der Waals surface area contributed by atoms with Gasteiger partial charge in [-0.1, -0.05) is 18.2 Å². The number of aromatic amines is 1. The number of imidazole rings is 1. The number of sulfonamides is 1. The van der Waals surface area contributed by atoms with Gasteiger partial charge in [0, 0.05) is 18.3 Å². The minimum atomic E-state index is -3.80. The van der Waals surface area contributed by atoms with Crippen molar-refractivity contribution in [2.45, 2.75) is 17.4 Å². The van der Waals surface area contributed by atoms with Crippen molar-refractivity contribution in [3.8, 4) is 0 Å². The zero-order valence-corrected chi connectivity index (χ0v) is 12.1. The zero-order chi connectivity index (χ0) is 15.3. The first-order valence-corrected chi connectivity index (χ1v) is 7.63. The molecule has 2 N–H and O–H groups in total. The fourth-order valence-corrected chi connectivity index (χ4v) is 2.99. The molecule has 112 valence electrons. The van der Waals surface area contributed by atoms with E-state index in [-0.39, 0.29) is 11.3 Å². The molecule has 0 saturated carbocycles. The lowest BCUT2D eigenvalue weighted by atomic mass is 10.2. The Morgan fingerprint density at radius 1 is 1.38 bits per heavy atom. The average Bonchev–Trinajstić information content (AvgIpc) is 2.99. The van der Waals surface area contributed by atoms with Crippen LogP contribution in [-0.4, -0.2) is 37.5 Å². The van der Waals surface area contributed by atoms with E-state index in [1.807, 2.05) is 0 Å². The highest BCUT2D eigenvalue weighted by Gasteiger charge is 2.27. The first-order valence-electron chi connectivity index (χ1n) is 6.15. The van der Waals surface area contributed by atoms with Crippen molar-refractivity contribution in [1.82, 2.24) is 14.7 Å². The molecular weight excluding hydrogens is 294 g/mol. The van der Waals surface area contributed by atoms with Gasteiger partial charge in [-0.15, -0.1) is 0 Å². The summed E-state index contributed by atoms with van der Waals surface area (Å²) in [5, 5.41) is 0. The van der Waals surface area contributed by atoms with Crippen molar-refractivity contribution in [2.75, 3.05) is 7.11 Å². The van der Waals surface area contributed by atoms with Gasteiger partial charge >= 0.3 is 5.97 Å². The lowest BCUT2D eigenvalue weighted by molar-refractivity contribution is -0.142. The molecule has 21 heavy (non-hydrogen) atoms. The predicted octanol–water partition coefficient (Wildman–Crippen LogP) is 0.472. The third-order valence-corrected chi connectivity index (χ3v) is 4.30. The summed E-state index contributed by atoms with van der Waals surface area (Å²) in [6.07, 6.45) is 3.10. The number of carbonyl (C=O) groups is 1. The van der Waals surface area contributed by atoms with Crippen LogP contribution >= 0.6 is 0 Å². The fourth-order valence-electron chi connectivity index (χ4n) is 1.79. The number of hydrogen-bond donors (Lipinski definition) is 2. The molecule has 2 rings (SSSR count). The van der Waals surface area contributed by atoms with Crippen LogP contribution in [0.2, 0.25) is 0 Å². The van der Waals surface area contributed by atoms with Gasteiger partial charge in [-0.05, 0) is 12.1 Å². The molecule has 1 aromatic carbocycles. The van der Waals surface area contributed by atoms with E-state index >= 15 is 0 Å². The largest absolute Gasteiger partial charge is 0.468 e. The summed E-state index contributed by atoms with van der Waals surface area (Å²) < 4.78 is 31.5. The van der Waals surface area contributed by atoms with E-state index in [0.29, 0.717) is 5.69 Å². The second-order valence-electron chi connectivity index (χ2n) is 4.29. The van der Waals surface area contributed by atoms with Gasteiger partial charge in [0.05, 0.1) is 18.3 Å². The predicted molar refractivity (Wildman–Crippen MR) is 74.9 cm³/mol. The van der Waals surface area contributed by atoms with Crippen molar-refractivity contribution in [1.29, 1.82) is 0 Å². The standard InChI is InChI=1S/C13H15N3O4S/c1-20-13(17)12(7-10-8-14-9-15-10)16-21(18,19)11-5-3-2-4-6-11/h2-6,8-9,12,16H,7H2,1H3,(H,14,15)/t12-/m0/s1. The quantitative estimate of drug-likeness (QED) is 0.755. The summed E-state index contributed by atoms with van der Waals surface area (Å²) in [5.41, 5.74) is 0.626. The monoisotopic (exact) mass is 309 g/mol. The average molecular weight is 309 g/mol. The Kier molecular flexibility index (Phi) is 4.71. The van der Waals surface area contributed by atoms with Crippen LogP contribution in [0.5, 0.6) is 0 Å². The van der Waals surface area contributed by atoms with Gasteiger partial charge in [-0.25, -0.2) is 13.4 Å². The van der Waals surface area contributed by atoms with Crippen LogP contribution < -0.4 is 4.72 Å². The number of nitrogens with zero attached hydrogens (tertiary/aromatic N) is 1. The molecular formula is C13H15N3O4S. The molecule has 0 bridgehead atoms. The summed E-state index contributed by atoms with van der Waals surface area (Å²) in [7, 11) is -2.60. The summed E-state index contributed by atoms with van der Waals surface area (Å²) in [6, 6.07) is 6.80. The first kappa shape index (κ1) is 15.2. The van der Waals surface area contributed by atoms with E-state index in [1.54, 1.807) is 18.2 Å². The van der Waals surface area contributed by atoms with E-state index in [4.69, 9.17) is 0 Å². The van der Waals surface area contributed by atoms with E-state index < -0.39 is 22.0 Å². The Morgan fingerprint density at radius 2 is 2.10 bits per heavy atom. The lowest BCUT2D eigenvalue weighted by Crippen LogP contribution is -2.43. The van der Waals surface area contributed by atoms with E-state index in [1.165, 1.54) is 31.8 Å². The molecule has 1 heterocycles. The Labute approximate surface area is 122 Å². The first-order chi connectivity index (χ1) is 10.0. The number of methoxy groups -OCH3 is 1. The van der Waals surface area contributed by atoms with Crippen molar-refractivity contribution < 1.29 is 17.9 Å². The highest BCUT2D eigenvalue weighted by Crippen LogP contribution is 2.10. The number of rotatable bonds is 6. The Balaban J connectivity index is 2.20. The van der Waals surface area contributed by atoms with Gasteiger partial charge in [-0.3, -0.25) is 4.79 Å². The minimum absolute atomic E-state index is 0.0866. The number of esters is 1. The molecule has 7 nitrogen and oxygen atoms in total. The van der Waals surface area contributed by atoms with Crippen LogP contribution in [-0.2, 0) is 26.0 Å². The maximum Gasteiger partial charge on any atom is 0.324 e. The fraction of sp³-hybridized carbons (Fsp3) is 0.231. The van der Waals surface area contributed by atoms with E-state index in [9.17, 15) is 13.2 Å². The van der Waals surface area contributed by atoms with Crippen molar-refractivity contribution in [3.63, 3.8) is 0 Å². The Hall–Kier alpha value is -2.19. The number of aromatic nitrogens is 2. The molecule has 1 atom stereocenters. The van der Waals surface area contributed by atoms with Gasteiger partial charge in [0.1, 0.15) is 6.04 Å². The second-order valence-corrected chi connectivity index (χ2v) is 6.01. The summed E-state index contributed by atoms with van der Waals surface area (Å²) in [4.78, 5) is 18.5. The summed E-state index contributed by atoms with van der Waals surface area (Å²) >= 11 is 0. The van der Waals surface area contributed by atoms with Crippen LogP contribution in [0.15, 0.2) is 47.8 Å². The molecule has 1 aromatic heterocycles. The number of nitrogens with one attached hydrogen (secondary N) is 2. The Morgan fingerprint density at radius 3 is 2.67 bits per heavy atom. The highest BCUT2D eigenvalue weighted by atomic mass is 32.2. The molecule has 0 fully saturated rings. The Bertz CT molecular complexity index is 683. The topological polar surface area (TPSA) is 101 Å². The van der Waals surface area contributed by atoms with E-state index in [0.717, 1.165) is 0 Å². The lowest BCUT2D eigenvalue weighted by Gasteiger charge is -2.15. The molecule has 0 aliphatic rings. The van der Waals surface area contributed by atoms with Gasteiger partial charge in [0.15, 0.2) is 0 Å². The van der Waals surface area contributed by atoms with Crippen LogP contribution in [0.4, 0.5) is 0 Å². The summed E-state index contributed by atoms with van der Waals surface area (Å²) in [6.45, 7) is 0. The molecule has 8 heteroatoms. The number of ether oxygens (including phenoxy) is 1. The molecule has 2 aromatic rings. The van der Waals surface area contributed by atoms with Crippen LogP contribution in [0.25, 0.3) is 0 Å². The highest BCUT2D eigenvalue weighted by molar-refractivity contribution is 7.89. The van der Waals surface area contributed by atoms with Gasteiger partial charge in [0.25, 0.3) is 0 Å². The third kappa shape index (κ3) is 3.89. The second kappa shape index (κ2) is 6.51. The maximum atomic E-state index is 12.2. The van der Waals surface area contributed by atoms with Gasteiger partial charge < -0.3 is 9.72 Å². The van der Waals surface area contributed by atoms with Crippen molar-refractivity contribution in [2.24, 2.45) is 0 Å². The molecule has 0 saturated heterocycles. The van der Waals surface area contributed by atoms with Crippen LogP contribution in [0.3, 0.4) is 0 Å². The van der Waals surface area contributed by atoms with Crippen molar-refractivity contribution in [3.05, 3.63) is 48.5 Å². The van der Waals surface area contributed by atoms with E-state index in [2.05, 4.69) is 19.4 Å². The van der Waals surface area contributed by atoms with Crippen molar-refractivity contribution >= 4 is 16.0 Å². The van der Waals surface area contributed by atoms with Crippen LogP contribution in [0, 0.1) is 0 Å². The summed E-state index contributed by atoms with van der Waals surface area (Å²) in [5.74, 6) is -0.663. The van der Waals surface area contributed by atoms with Gasteiger partial charge in [0.2, 0.25) is 10.0 Å². The normalized spacial score (nSPS) is 12.8. The minimum Gasteiger partial charge on any atom is -0.468 e. The molecule has 0 unspecified atom stereocenters. The zero-order valence-electron chi connectivity index (χ0n) is 11.3. The smallest absolute Gasteiger partial charge is 0.324 e. The third-order valence-electron chi connectivity index (χ3n) is 2.82. The SMILES string of the molecule is COC(=O)[C@H](Cc1cnc[nH]1)NS(=O)(=O)c1ccccc1. The molecule has 0 aliphatic carbocycles. The molecule has 0 amide bonds. The van der Waals surface area contributed by atoms with Crippen LogP contribution in [0.1, 0.15) is 5.69 Å². The number of H-pyrrole nitrogens is 1. The number of hydrogen-bond acceptors (Lipinski definition) is 5. The molecule has 0 spiro atoms.